The van der Waals surface area contributed by atoms with Gasteiger partial charge in [0.1, 0.15) is 32.3 Å². The first-order valence-electron chi connectivity index (χ1n) is 11.9. The van der Waals surface area contributed by atoms with E-state index in [1.807, 2.05) is 12.3 Å². The van der Waals surface area contributed by atoms with Crippen molar-refractivity contribution in [1.82, 2.24) is 19.9 Å². The smallest absolute Gasteiger partial charge is 0.224 e. The van der Waals surface area contributed by atoms with Crippen LogP contribution in [0, 0.1) is 5.92 Å². The molecule has 0 spiro atoms. The number of hydrogen-bond acceptors (Lipinski definition) is 12. The van der Waals surface area contributed by atoms with Gasteiger partial charge in [0.05, 0.1) is 40.5 Å². The van der Waals surface area contributed by atoms with Gasteiger partial charge in [-0.2, -0.15) is 4.98 Å². The fourth-order valence-electron chi connectivity index (χ4n) is 4.64. The van der Waals surface area contributed by atoms with Crippen molar-refractivity contribution in [2.45, 2.75) is 43.4 Å². The molecule has 3 heterocycles. The molecule has 2 aliphatic carbocycles. The molecule has 194 valence electrons. The molecule has 2 saturated carbocycles. The van der Waals surface area contributed by atoms with Crippen molar-refractivity contribution in [2.24, 2.45) is 5.92 Å². The summed E-state index contributed by atoms with van der Waals surface area (Å²) in [6.07, 6.45) is 4.83. The second kappa shape index (κ2) is 10.1. The Hall–Kier alpha value is -2.45. The van der Waals surface area contributed by atoms with Gasteiger partial charge in [-0.15, -0.1) is 11.3 Å². The van der Waals surface area contributed by atoms with E-state index < -0.39 is 34.0 Å². The maximum absolute atomic E-state index is 11.8. The van der Waals surface area contributed by atoms with Crippen LogP contribution in [-0.2, 0) is 14.6 Å². The third kappa shape index (κ3) is 5.44. The highest BCUT2D eigenvalue weighted by molar-refractivity contribution is 7.90. The second-order valence-electron chi connectivity index (χ2n) is 9.53. The summed E-state index contributed by atoms with van der Waals surface area (Å²) < 4.78 is 29.7. The third-order valence-corrected chi connectivity index (χ3v) is 8.64. The van der Waals surface area contributed by atoms with Crippen LogP contribution in [0.1, 0.15) is 30.9 Å². The van der Waals surface area contributed by atoms with E-state index in [2.05, 4.69) is 25.6 Å². The van der Waals surface area contributed by atoms with Crippen LogP contribution in [0.2, 0.25) is 0 Å². The van der Waals surface area contributed by atoms with E-state index in [1.54, 1.807) is 13.3 Å². The van der Waals surface area contributed by atoms with Gasteiger partial charge in [0.2, 0.25) is 5.95 Å². The van der Waals surface area contributed by atoms with Crippen LogP contribution in [0.15, 0.2) is 18.5 Å². The Labute approximate surface area is 213 Å². The molecule has 0 aromatic carbocycles. The molecule has 0 bridgehead atoms. The number of aliphatic hydroxyl groups is 2. The molecule has 0 aliphatic heterocycles. The predicted molar refractivity (Wildman–Crippen MR) is 138 cm³/mol. The molecule has 0 amide bonds. The van der Waals surface area contributed by atoms with Crippen molar-refractivity contribution in [2.75, 3.05) is 42.9 Å². The molecule has 0 unspecified atom stereocenters. The van der Waals surface area contributed by atoms with Gasteiger partial charge in [-0.05, 0) is 25.3 Å². The highest BCUT2D eigenvalue weighted by Gasteiger charge is 2.43. The minimum Gasteiger partial charge on any atom is -0.390 e. The van der Waals surface area contributed by atoms with Crippen LogP contribution in [0.3, 0.4) is 0 Å². The van der Waals surface area contributed by atoms with Gasteiger partial charge in [0.25, 0.3) is 0 Å². The van der Waals surface area contributed by atoms with Crippen LogP contribution >= 0.6 is 11.3 Å². The van der Waals surface area contributed by atoms with Crippen molar-refractivity contribution in [3.8, 4) is 10.6 Å². The van der Waals surface area contributed by atoms with Crippen molar-refractivity contribution >= 4 is 43.2 Å². The lowest BCUT2D eigenvalue weighted by Crippen LogP contribution is -2.36. The minimum atomic E-state index is -3.31. The molecule has 4 N–H and O–H groups in total. The average molecular weight is 535 g/mol. The van der Waals surface area contributed by atoms with E-state index in [-0.39, 0.29) is 12.2 Å². The van der Waals surface area contributed by atoms with Crippen LogP contribution in [0.25, 0.3) is 20.8 Å². The molecule has 2 fully saturated rings. The van der Waals surface area contributed by atoms with Crippen molar-refractivity contribution in [1.29, 1.82) is 0 Å². The molecule has 3 aromatic rings. The number of hydrogen-bond donors (Lipinski definition) is 4. The van der Waals surface area contributed by atoms with Crippen molar-refractivity contribution < 1.29 is 23.4 Å². The van der Waals surface area contributed by atoms with Gasteiger partial charge in [0, 0.05) is 44.1 Å². The van der Waals surface area contributed by atoms with Crippen molar-refractivity contribution in [3.05, 3.63) is 24.2 Å². The predicted octanol–water partition coefficient (Wildman–Crippen LogP) is 1.65. The summed E-state index contributed by atoms with van der Waals surface area (Å²) in [5, 5.41) is 28.3. The Morgan fingerprint density at radius 2 is 2.00 bits per heavy atom. The van der Waals surface area contributed by atoms with Gasteiger partial charge in [-0.25, -0.2) is 18.4 Å². The lowest BCUT2D eigenvalue weighted by atomic mass is 10.1. The molecule has 11 nitrogen and oxygen atoms in total. The lowest BCUT2D eigenvalue weighted by molar-refractivity contribution is 0.0216. The fraction of sp³-hybridized carbons (Fsp3) is 0.565. The molecule has 2 aliphatic rings. The quantitative estimate of drug-likeness (QED) is 0.280. The highest BCUT2D eigenvalue weighted by atomic mass is 32.2. The van der Waals surface area contributed by atoms with Crippen molar-refractivity contribution in [3.63, 3.8) is 0 Å². The number of aromatic nitrogens is 4. The zero-order valence-electron chi connectivity index (χ0n) is 20.1. The first-order valence-corrected chi connectivity index (χ1v) is 14.8. The van der Waals surface area contributed by atoms with Gasteiger partial charge < -0.3 is 25.6 Å². The first-order chi connectivity index (χ1) is 17.2. The zero-order chi connectivity index (χ0) is 25.4. The van der Waals surface area contributed by atoms with E-state index in [9.17, 15) is 18.6 Å². The number of nitrogens with zero attached hydrogens (tertiary/aromatic N) is 4. The van der Waals surface area contributed by atoms with E-state index in [0.29, 0.717) is 41.4 Å². The van der Waals surface area contributed by atoms with E-state index in [0.717, 1.165) is 35.0 Å². The van der Waals surface area contributed by atoms with E-state index in [1.165, 1.54) is 11.3 Å². The molecule has 13 heteroatoms. The van der Waals surface area contributed by atoms with Crippen LogP contribution < -0.4 is 10.6 Å². The summed E-state index contributed by atoms with van der Waals surface area (Å²) in [7, 11) is -1.71. The summed E-state index contributed by atoms with van der Waals surface area (Å²) in [6, 6.07) is 1.36. The largest absolute Gasteiger partial charge is 0.390 e. The van der Waals surface area contributed by atoms with Gasteiger partial charge >= 0.3 is 0 Å². The Morgan fingerprint density at radius 1 is 1.19 bits per heavy atom. The molecule has 5 rings (SSSR count). The van der Waals surface area contributed by atoms with Crippen LogP contribution in [-0.4, -0.2) is 89.1 Å². The molecule has 0 radical (unpaired) electrons. The fourth-order valence-corrected chi connectivity index (χ4v) is 6.73. The molecular weight excluding hydrogens is 504 g/mol. The molecule has 0 saturated heterocycles. The normalized spacial score (nSPS) is 24.3. The Bertz CT molecular complexity index is 1350. The number of thiazole rings is 1. The van der Waals surface area contributed by atoms with Gasteiger partial charge in [-0.1, -0.05) is 0 Å². The zero-order valence-corrected chi connectivity index (χ0v) is 21.7. The number of nitrogens with one attached hydrogen (secondary N) is 2. The number of methoxy groups -OCH3 is 1. The number of ether oxygens (including phenoxy) is 1. The van der Waals surface area contributed by atoms with Gasteiger partial charge in [-0.3, -0.25) is 4.98 Å². The van der Waals surface area contributed by atoms with Crippen LogP contribution in [0.5, 0.6) is 0 Å². The monoisotopic (exact) mass is 534 g/mol. The molecule has 4 atom stereocenters. The summed E-state index contributed by atoms with van der Waals surface area (Å²) in [5.41, 5.74) is 2.56. The summed E-state index contributed by atoms with van der Waals surface area (Å²) >= 11 is 1.52. The number of aliphatic hydroxyl groups excluding tert-OH is 2. The number of fused-ring (bicyclic) bond motifs is 1. The number of rotatable bonds is 10. The number of anilines is 2. The molecule has 3 aromatic heterocycles. The Balaban J connectivity index is 1.48. The standard InChI is InChI=1S/C23H30N6O5S2/c1-34-8-7-25-23-26-10-14(22-28-18-16(35-22)5-6-24-17(18)12-3-4-12)21(29-23)27-15-9-13(11-36(2,32)33)19(30)20(15)31/h5-6,10,12-13,15,19-20,30-31H,3-4,7-9,11H2,1-2H3,(H2,25,26,27,29)/t13-,15-,19-,20+/m1/s1. The Morgan fingerprint density at radius 3 is 2.72 bits per heavy atom. The minimum absolute atomic E-state index is 0.196. The number of sulfone groups is 1. The van der Waals surface area contributed by atoms with E-state index in [4.69, 9.17) is 9.72 Å². The summed E-state index contributed by atoms with van der Waals surface area (Å²) in [4.78, 5) is 18.5. The maximum Gasteiger partial charge on any atom is 0.224 e. The van der Waals surface area contributed by atoms with E-state index >= 15 is 0 Å². The second-order valence-corrected chi connectivity index (χ2v) is 12.7. The Kier molecular flexibility index (Phi) is 7.10. The number of pyridine rings is 1. The molecule has 36 heavy (non-hydrogen) atoms. The maximum atomic E-state index is 11.8. The first kappa shape index (κ1) is 25.2. The topological polar surface area (TPSA) is 159 Å². The van der Waals surface area contributed by atoms with Gasteiger partial charge in [0.15, 0.2) is 0 Å². The third-order valence-electron chi connectivity index (χ3n) is 6.55. The lowest BCUT2D eigenvalue weighted by Gasteiger charge is -2.20. The molecular formula is C23H30N6O5S2. The summed E-state index contributed by atoms with van der Waals surface area (Å²) in [5.74, 6) is 0.499. The SMILES string of the molecule is COCCNc1ncc(-c2nc3c(C4CC4)nccc3s2)c(N[C@@H]2C[C@H](CS(C)(=O)=O)[C@@H](O)[C@H]2O)n1. The van der Waals surface area contributed by atoms with Crippen LogP contribution in [0.4, 0.5) is 11.8 Å². The summed E-state index contributed by atoms with van der Waals surface area (Å²) in [6.45, 7) is 0.984. The highest BCUT2D eigenvalue weighted by Crippen LogP contribution is 2.44. The average Bonchev–Trinajstić information content (AvgIpc) is 3.53.